The Kier molecular flexibility index (Phi) is 3.74. The number of rotatable bonds is 3. The third-order valence-corrected chi connectivity index (χ3v) is 1.76. The molecule has 0 aromatic heterocycles. The number of hydrogen-bond donors (Lipinski definition) is 0. The van der Waals surface area contributed by atoms with E-state index < -0.39 is 11.8 Å². The molecule has 0 fully saturated rings. The number of allylic oxidation sites excluding steroid dienone is 1. The SMILES string of the molecule is COC(=O)c1cc(C=CC=O)ccc1F. The van der Waals surface area contributed by atoms with Crippen molar-refractivity contribution in [3.8, 4) is 0 Å². The van der Waals surface area contributed by atoms with Crippen molar-refractivity contribution in [2.24, 2.45) is 0 Å². The molecule has 0 N–H and O–H groups in total. The van der Waals surface area contributed by atoms with Gasteiger partial charge in [-0.1, -0.05) is 12.1 Å². The van der Waals surface area contributed by atoms with E-state index in [-0.39, 0.29) is 5.56 Å². The summed E-state index contributed by atoms with van der Waals surface area (Å²) in [4.78, 5) is 21.2. The third-order valence-electron chi connectivity index (χ3n) is 1.76. The summed E-state index contributed by atoms with van der Waals surface area (Å²) in [5.41, 5.74) is 0.412. The summed E-state index contributed by atoms with van der Waals surface area (Å²) in [5.74, 6) is -1.39. The number of ether oxygens (including phenoxy) is 1. The van der Waals surface area contributed by atoms with Crippen LogP contribution in [0.25, 0.3) is 6.08 Å². The van der Waals surface area contributed by atoms with Crippen molar-refractivity contribution in [2.75, 3.05) is 7.11 Å². The summed E-state index contributed by atoms with van der Waals surface area (Å²) in [6.07, 6.45) is 3.33. The minimum Gasteiger partial charge on any atom is -0.465 e. The van der Waals surface area contributed by atoms with E-state index in [1.807, 2.05) is 0 Å². The average molecular weight is 208 g/mol. The van der Waals surface area contributed by atoms with Crippen LogP contribution in [0.1, 0.15) is 15.9 Å². The molecule has 1 aromatic carbocycles. The molecular formula is C11H9FO3. The van der Waals surface area contributed by atoms with Gasteiger partial charge >= 0.3 is 5.97 Å². The summed E-state index contributed by atoms with van der Waals surface area (Å²) in [5, 5.41) is 0. The highest BCUT2D eigenvalue weighted by atomic mass is 19.1. The maximum Gasteiger partial charge on any atom is 0.340 e. The molecule has 1 rings (SSSR count). The number of carbonyl (C=O) groups is 2. The van der Waals surface area contributed by atoms with Crippen molar-refractivity contribution in [3.63, 3.8) is 0 Å². The molecule has 0 heterocycles. The number of carbonyl (C=O) groups excluding carboxylic acids is 2. The highest BCUT2D eigenvalue weighted by molar-refractivity contribution is 5.90. The monoisotopic (exact) mass is 208 g/mol. The summed E-state index contributed by atoms with van der Waals surface area (Å²) in [6.45, 7) is 0. The zero-order valence-corrected chi connectivity index (χ0v) is 8.07. The van der Waals surface area contributed by atoms with Crippen molar-refractivity contribution in [3.05, 3.63) is 41.2 Å². The van der Waals surface area contributed by atoms with Crippen molar-refractivity contribution < 1.29 is 18.7 Å². The van der Waals surface area contributed by atoms with Crippen molar-refractivity contribution in [2.45, 2.75) is 0 Å². The molecule has 0 unspecified atom stereocenters. The van der Waals surface area contributed by atoms with E-state index in [1.165, 1.54) is 31.4 Å². The highest BCUT2D eigenvalue weighted by Gasteiger charge is 2.11. The average Bonchev–Trinajstić information content (AvgIpc) is 2.27. The molecule has 0 aliphatic rings. The van der Waals surface area contributed by atoms with Crippen LogP contribution < -0.4 is 0 Å². The summed E-state index contributed by atoms with van der Waals surface area (Å²) in [7, 11) is 1.18. The van der Waals surface area contributed by atoms with E-state index in [9.17, 15) is 14.0 Å². The zero-order chi connectivity index (χ0) is 11.3. The molecule has 0 aliphatic carbocycles. The molecule has 0 aliphatic heterocycles. The van der Waals surface area contributed by atoms with Gasteiger partial charge in [-0.3, -0.25) is 4.79 Å². The molecule has 15 heavy (non-hydrogen) atoms. The molecular weight excluding hydrogens is 199 g/mol. The molecule has 0 bridgehead atoms. The van der Waals surface area contributed by atoms with Gasteiger partial charge < -0.3 is 4.74 Å². The van der Waals surface area contributed by atoms with Crippen LogP contribution >= 0.6 is 0 Å². The molecule has 3 nitrogen and oxygen atoms in total. The zero-order valence-electron chi connectivity index (χ0n) is 8.07. The van der Waals surface area contributed by atoms with Gasteiger partial charge in [-0.25, -0.2) is 9.18 Å². The van der Waals surface area contributed by atoms with Gasteiger partial charge in [0.05, 0.1) is 12.7 Å². The Morgan fingerprint density at radius 1 is 1.47 bits per heavy atom. The molecule has 0 radical (unpaired) electrons. The Labute approximate surface area is 86.2 Å². The fraction of sp³-hybridized carbons (Fsp3) is 0.0909. The molecule has 1 aromatic rings. The fourth-order valence-electron chi connectivity index (χ4n) is 1.06. The molecule has 0 amide bonds. The summed E-state index contributed by atoms with van der Waals surface area (Å²) >= 11 is 0. The van der Waals surface area contributed by atoms with Gasteiger partial charge in [0.15, 0.2) is 0 Å². The van der Waals surface area contributed by atoms with E-state index in [4.69, 9.17) is 0 Å². The first-order chi connectivity index (χ1) is 7.19. The molecule has 0 atom stereocenters. The Morgan fingerprint density at radius 3 is 2.80 bits per heavy atom. The number of hydrogen-bond acceptors (Lipinski definition) is 3. The van der Waals surface area contributed by atoms with Gasteiger partial charge in [0.25, 0.3) is 0 Å². The van der Waals surface area contributed by atoms with E-state index in [0.717, 1.165) is 6.07 Å². The predicted molar refractivity (Wildman–Crippen MR) is 52.8 cm³/mol. The molecule has 4 heteroatoms. The van der Waals surface area contributed by atoms with Gasteiger partial charge in [0, 0.05) is 0 Å². The predicted octanol–water partition coefficient (Wildman–Crippen LogP) is 1.82. The Morgan fingerprint density at radius 2 is 2.20 bits per heavy atom. The smallest absolute Gasteiger partial charge is 0.340 e. The topological polar surface area (TPSA) is 43.4 Å². The lowest BCUT2D eigenvalue weighted by atomic mass is 10.1. The first-order valence-corrected chi connectivity index (χ1v) is 4.18. The third kappa shape index (κ3) is 2.74. The van der Waals surface area contributed by atoms with Crippen LogP contribution in [0.3, 0.4) is 0 Å². The maximum atomic E-state index is 13.1. The number of halogens is 1. The van der Waals surface area contributed by atoms with Crippen molar-refractivity contribution in [1.29, 1.82) is 0 Å². The molecule has 0 saturated carbocycles. The second kappa shape index (κ2) is 5.05. The Hall–Kier alpha value is -1.97. The minimum atomic E-state index is -0.742. The quantitative estimate of drug-likeness (QED) is 0.432. The molecule has 0 saturated heterocycles. The van der Waals surface area contributed by atoms with Gasteiger partial charge in [-0.05, 0) is 23.8 Å². The Balaban J connectivity index is 3.10. The standard InChI is InChI=1S/C11H9FO3/c1-15-11(14)9-7-8(3-2-6-13)4-5-10(9)12/h2-7H,1H3. The van der Waals surface area contributed by atoms with Crippen LogP contribution in [0.5, 0.6) is 0 Å². The molecule has 78 valence electrons. The van der Waals surface area contributed by atoms with E-state index >= 15 is 0 Å². The number of esters is 1. The summed E-state index contributed by atoms with van der Waals surface area (Å²) in [6, 6.07) is 3.93. The van der Waals surface area contributed by atoms with E-state index in [0.29, 0.717) is 11.8 Å². The maximum absolute atomic E-state index is 13.1. The molecule has 0 spiro atoms. The number of methoxy groups -OCH3 is 1. The van der Waals surface area contributed by atoms with Gasteiger partial charge in [0.1, 0.15) is 12.1 Å². The fourth-order valence-corrected chi connectivity index (χ4v) is 1.06. The second-order valence-corrected chi connectivity index (χ2v) is 2.73. The van der Waals surface area contributed by atoms with Gasteiger partial charge in [-0.2, -0.15) is 0 Å². The van der Waals surface area contributed by atoms with Crippen LogP contribution in [0.2, 0.25) is 0 Å². The highest BCUT2D eigenvalue weighted by Crippen LogP contribution is 2.12. The van der Waals surface area contributed by atoms with E-state index in [1.54, 1.807) is 0 Å². The van der Waals surface area contributed by atoms with Crippen LogP contribution in [0.15, 0.2) is 24.3 Å². The lowest BCUT2D eigenvalue weighted by Gasteiger charge is -2.01. The van der Waals surface area contributed by atoms with Crippen LogP contribution in [0.4, 0.5) is 4.39 Å². The summed E-state index contributed by atoms with van der Waals surface area (Å²) < 4.78 is 17.5. The first kappa shape index (κ1) is 11.1. The minimum absolute atomic E-state index is 0.148. The lowest BCUT2D eigenvalue weighted by Crippen LogP contribution is -2.04. The van der Waals surface area contributed by atoms with Crippen LogP contribution in [-0.2, 0) is 9.53 Å². The number of benzene rings is 1. The Bertz CT molecular complexity index is 410. The van der Waals surface area contributed by atoms with Gasteiger partial charge in [0.2, 0.25) is 0 Å². The first-order valence-electron chi connectivity index (χ1n) is 4.18. The number of aldehydes is 1. The van der Waals surface area contributed by atoms with Crippen molar-refractivity contribution in [1.82, 2.24) is 0 Å². The second-order valence-electron chi connectivity index (χ2n) is 2.73. The lowest BCUT2D eigenvalue weighted by molar-refractivity contribution is -0.104. The van der Waals surface area contributed by atoms with Crippen LogP contribution in [0, 0.1) is 5.82 Å². The van der Waals surface area contributed by atoms with Crippen LogP contribution in [-0.4, -0.2) is 19.4 Å². The van der Waals surface area contributed by atoms with Gasteiger partial charge in [-0.15, -0.1) is 0 Å². The normalized spacial score (nSPS) is 10.3. The largest absolute Gasteiger partial charge is 0.465 e. The van der Waals surface area contributed by atoms with E-state index in [2.05, 4.69) is 4.74 Å². The van der Waals surface area contributed by atoms with Crippen molar-refractivity contribution >= 4 is 18.3 Å².